The van der Waals surface area contributed by atoms with Gasteiger partial charge in [0.1, 0.15) is 10.4 Å². The van der Waals surface area contributed by atoms with Crippen LogP contribution in [-0.4, -0.2) is 28.4 Å². The minimum Gasteiger partial charge on any atom is -0.497 e. The molecule has 1 aliphatic heterocycles. The van der Waals surface area contributed by atoms with Crippen molar-refractivity contribution in [2.24, 2.45) is 0 Å². The van der Waals surface area contributed by atoms with Crippen LogP contribution in [0.25, 0.3) is 11.0 Å². The van der Waals surface area contributed by atoms with Gasteiger partial charge in [-0.25, -0.2) is 9.67 Å². The molecule has 0 amide bonds. The molecule has 3 aromatic rings. The number of nitrogens with one attached hydrogen (secondary N) is 1. The lowest BCUT2D eigenvalue weighted by Crippen LogP contribution is -2.24. The van der Waals surface area contributed by atoms with Gasteiger partial charge in [0, 0.05) is 12.7 Å². The summed E-state index contributed by atoms with van der Waals surface area (Å²) in [5.74, 6) is 0.861. The van der Waals surface area contributed by atoms with Gasteiger partial charge in [0.2, 0.25) is 0 Å². The van der Waals surface area contributed by atoms with E-state index in [0.29, 0.717) is 6.54 Å². The van der Waals surface area contributed by atoms with Crippen LogP contribution in [0.1, 0.15) is 16.7 Å². The van der Waals surface area contributed by atoms with Gasteiger partial charge in [-0.3, -0.25) is 0 Å². The summed E-state index contributed by atoms with van der Waals surface area (Å²) in [7, 11) is 1.68. The van der Waals surface area contributed by atoms with Gasteiger partial charge in [-0.2, -0.15) is 5.10 Å². The van der Waals surface area contributed by atoms with Gasteiger partial charge in [-0.15, -0.1) is 0 Å². The zero-order valence-electron chi connectivity index (χ0n) is 12.8. The first-order chi connectivity index (χ1) is 11.3. The molecule has 23 heavy (non-hydrogen) atoms. The normalized spacial score (nSPS) is 14.0. The molecule has 1 aliphatic rings. The van der Waals surface area contributed by atoms with E-state index in [4.69, 9.17) is 4.74 Å². The number of hydrogen-bond acceptors (Lipinski definition) is 4. The summed E-state index contributed by atoms with van der Waals surface area (Å²) >= 11 is 3.62. The predicted molar refractivity (Wildman–Crippen MR) is 92.7 cm³/mol. The molecular weight excluding hydrogens is 356 g/mol. The van der Waals surface area contributed by atoms with Gasteiger partial charge in [0.05, 0.1) is 19.0 Å². The Balaban J connectivity index is 1.75. The predicted octanol–water partition coefficient (Wildman–Crippen LogP) is 2.90. The van der Waals surface area contributed by atoms with Crippen molar-refractivity contribution in [2.45, 2.75) is 19.5 Å². The van der Waals surface area contributed by atoms with E-state index >= 15 is 0 Å². The van der Waals surface area contributed by atoms with Crippen LogP contribution in [0.2, 0.25) is 0 Å². The molecule has 3 heterocycles. The highest BCUT2D eigenvalue weighted by Crippen LogP contribution is 2.30. The first-order valence-corrected chi connectivity index (χ1v) is 8.42. The van der Waals surface area contributed by atoms with Crippen molar-refractivity contribution in [1.29, 1.82) is 0 Å². The van der Waals surface area contributed by atoms with Gasteiger partial charge in [-0.1, -0.05) is 12.1 Å². The van der Waals surface area contributed by atoms with Crippen molar-refractivity contribution < 1.29 is 4.74 Å². The fourth-order valence-corrected chi connectivity index (χ4v) is 3.69. The molecule has 2 aromatic heterocycles. The van der Waals surface area contributed by atoms with Crippen LogP contribution >= 0.6 is 15.9 Å². The maximum absolute atomic E-state index is 5.21. The van der Waals surface area contributed by atoms with Crippen LogP contribution < -0.4 is 10.1 Å². The van der Waals surface area contributed by atoms with E-state index in [2.05, 4.69) is 43.5 Å². The zero-order chi connectivity index (χ0) is 15.8. The van der Waals surface area contributed by atoms with E-state index in [0.717, 1.165) is 40.9 Å². The maximum atomic E-state index is 5.21. The lowest BCUT2D eigenvalue weighted by Gasteiger charge is -2.17. The van der Waals surface area contributed by atoms with Crippen molar-refractivity contribution in [3.05, 3.63) is 51.8 Å². The molecule has 1 aromatic carbocycles. The fourth-order valence-electron chi connectivity index (χ4n) is 3.08. The van der Waals surface area contributed by atoms with Crippen molar-refractivity contribution in [2.75, 3.05) is 13.7 Å². The number of methoxy groups -OCH3 is 1. The van der Waals surface area contributed by atoms with E-state index in [1.165, 1.54) is 16.7 Å². The number of halogens is 1. The van der Waals surface area contributed by atoms with Crippen LogP contribution in [0, 0.1) is 0 Å². The van der Waals surface area contributed by atoms with E-state index in [1.807, 2.05) is 23.0 Å². The first kappa shape index (κ1) is 14.7. The molecule has 0 fully saturated rings. The summed E-state index contributed by atoms with van der Waals surface area (Å²) in [5, 5.41) is 9.19. The third-order valence-electron chi connectivity index (χ3n) is 4.27. The molecule has 0 bridgehead atoms. The van der Waals surface area contributed by atoms with E-state index < -0.39 is 0 Å². The van der Waals surface area contributed by atoms with Gasteiger partial charge >= 0.3 is 0 Å². The van der Waals surface area contributed by atoms with Crippen molar-refractivity contribution in [1.82, 2.24) is 20.1 Å². The molecule has 0 saturated heterocycles. The standard InChI is InChI=1S/C17H17BrN4O/c1-23-13-4-2-11(3-5-13)10-22-17-15(16(18)21-22)14-6-7-19-8-12(14)9-20-17/h2-5,9,19H,6-8,10H2,1H3. The number of pyridine rings is 1. The van der Waals surface area contributed by atoms with E-state index in [1.54, 1.807) is 7.11 Å². The van der Waals surface area contributed by atoms with Crippen LogP contribution in [0.5, 0.6) is 5.75 Å². The summed E-state index contributed by atoms with van der Waals surface area (Å²) in [6.07, 6.45) is 2.99. The first-order valence-electron chi connectivity index (χ1n) is 7.62. The smallest absolute Gasteiger partial charge is 0.159 e. The molecule has 0 saturated carbocycles. The van der Waals surface area contributed by atoms with Crippen LogP contribution in [0.4, 0.5) is 0 Å². The van der Waals surface area contributed by atoms with Gasteiger partial charge in [-0.05, 0) is 57.7 Å². The summed E-state index contributed by atoms with van der Waals surface area (Å²) in [5.41, 5.74) is 4.74. The van der Waals surface area contributed by atoms with Crippen LogP contribution in [0.3, 0.4) is 0 Å². The number of fused-ring (bicyclic) bond motifs is 3. The maximum Gasteiger partial charge on any atom is 0.159 e. The molecular formula is C17H17BrN4O. The number of ether oxygens (including phenoxy) is 1. The number of hydrogen-bond donors (Lipinski definition) is 1. The topological polar surface area (TPSA) is 52.0 Å². The summed E-state index contributed by atoms with van der Waals surface area (Å²) in [4.78, 5) is 4.65. The van der Waals surface area contributed by atoms with Gasteiger partial charge in [0.15, 0.2) is 5.65 Å². The third kappa shape index (κ3) is 2.62. The molecule has 4 rings (SSSR count). The van der Waals surface area contributed by atoms with Crippen LogP contribution in [-0.2, 0) is 19.5 Å². The zero-order valence-corrected chi connectivity index (χ0v) is 14.4. The van der Waals surface area contributed by atoms with Gasteiger partial charge < -0.3 is 10.1 Å². The Labute approximate surface area is 142 Å². The summed E-state index contributed by atoms with van der Waals surface area (Å²) in [6, 6.07) is 8.05. The second-order valence-electron chi connectivity index (χ2n) is 5.68. The van der Waals surface area contributed by atoms with E-state index in [9.17, 15) is 0 Å². The fraction of sp³-hybridized carbons (Fsp3) is 0.294. The number of nitrogens with zero attached hydrogens (tertiary/aromatic N) is 3. The van der Waals surface area contributed by atoms with Crippen molar-refractivity contribution in [3.63, 3.8) is 0 Å². The molecule has 5 nitrogen and oxygen atoms in total. The Kier molecular flexibility index (Phi) is 3.79. The number of benzene rings is 1. The SMILES string of the molecule is COc1ccc(Cn2nc(Br)c3c4c(cnc32)CNCC4)cc1. The second-order valence-corrected chi connectivity index (χ2v) is 6.44. The van der Waals surface area contributed by atoms with Gasteiger partial charge in [0.25, 0.3) is 0 Å². The minimum absolute atomic E-state index is 0.691. The molecule has 0 spiro atoms. The van der Waals surface area contributed by atoms with E-state index in [-0.39, 0.29) is 0 Å². The second kappa shape index (κ2) is 5.94. The molecule has 0 unspecified atom stereocenters. The molecule has 6 heteroatoms. The Bertz CT molecular complexity index is 857. The Morgan fingerprint density at radius 3 is 2.91 bits per heavy atom. The van der Waals surface area contributed by atoms with Crippen molar-refractivity contribution in [3.8, 4) is 5.75 Å². The average molecular weight is 373 g/mol. The molecule has 1 N–H and O–H groups in total. The van der Waals surface area contributed by atoms with Crippen molar-refractivity contribution >= 4 is 27.0 Å². The summed E-state index contributed by atoms with van der Waals surface area (Å²) < 4.78 is 8.05. The average Bonchev–Trinajstić information content (AvgIpc) is 2.92. The molecule has 0 radical (unpaired) electrons. The number of rotatable bonds is 3. The highest BCUT2D eigenvalue weighted by molar-refractivity contribution is 9.10. The highest BCUT2D eigenvalue weighted by Gasteiger charge is 2.19. The molecule has 0 aliphatic carbocycles. The lowest BCUT2D eigenvalue weighted by molar-refractivity contribution is 0.414. The largest absolute Gasteiger partial charge is 0.497 e. The monoisotopic (exact) mass is 372 g/mol. The minimum atomic E-state index is 0.691. The lowest BCUT2D eigenvalue weighted by atomic mass is 10.0. The molecule has 118 valence electrons. The highest BCUT2D eigenvalue weighted by atomic mass is 79.9. The quantitative estimate of drug-likeness (QED) is 0.767. The number of aromatic nitrogens is 3. The van der Waals surface area contributed by atoms with Crippen LogP contribution in [0.15, 0.2) is 35.1 Å². The Morgan fingerprint density at radius 1 is 1.30 bits per heavy atom. The Morgan fingerprint density at radius 2 is 2.13 bits per heavy atom. The molecule has 0 atom stereocenters. The Hall–Kier alpha value is -1.92. The summed E-state index contributed by atoms with van der Waals surface area (Å²) in [6.45, 7) is 2.58. The third-order valence-corrected chi connectivity index (χ3v) is 4.83.